The summed E-state index contributed by atoms with van der Waals surface area (Å²) < 4.78 is 43.9. The highest BCUT2D eigenvalue weighted by atomic mass is 32.2. The van der Waals surface area contributed by atoms with E-state index in [0.29, 0.717) is 17.2 Å². The van der Waals surface area contributed by atoms with E-state index in [1.54, 1.807) is 32.2 Å². The summed E-state index contributed by atoms with van der Waals surface area (Å²) in [7, 11) is -2.34. The van der Waals surface area contributed by atoms with Crippen LogP contribution < -0.4 is 19.5 Å². The van der Waals surface area contributed by atoms with Crippen molar-refractivity contribution in [1.29, 1.82) is 0 Å². The van der Waals surface area contributed by atoms with Gasteiger partial charge in [0.15, 0.2) is 11.5 Å². The minimum Gasteiger partial charge on any atom is -0.461 e. The summed E-state index contributed by atoms with van der Waals surface area (Å²) in [6, 6.07) is 6.20. The molecule has 0 radical (unpaired) electrons. The number of carbonyl (C=O) groups is 2. The Morgan fingerprint density at radius 1 is 1.21 bits per heavy atom. The summed E-state index contributed by atoms with van der Waals surface area (Å²) in [5, 5.41) is 2.67. The van der Waals surface area contributed by atoms with Crippen molar-refractivity contribution in [2.24, 2.45) is 7.05 Å². The molecule has 2 heterocycles. The lowest BCUT2D eigenvalue weighted by atomic mass is 10.2. The van der Waals surface area contributed by atoms with Crippen molar-refractivity contribution in [3.05, 3.63) is 36.2 Å². The van der Waals surface area contributed by atoms with Gasteiger partial charge in [-0.1, -0.05) is 0 Å². The summed E-state index contributed by atoms with van der Waals surface area (Å²) >= 11 is 0. The molecule has 156 valence electrons. The predicted octanol–water partition coefficient (Wildman–Crippen LogP) is 1.24. The maximum atomic E-state index is 12.4. The van der Waals surface area contributed by atoms with Gasteiger partial charge in [0.25, 0.3) is 0 Å². The number of hydrogen-bond acceptors (Lipinski definition) is 7. The van der Waals surface area contributed by atoms with E-state index in [9.17, 15) is 18.0 Å². The first-order valence-corrected chi connectivity index (χ1v) is 10.3. The second-order valence-corrected chi connectivity index (χ2v) is 7.92. The molecule has 0 bridgehead atoms. The van der Waals surface area contributed by atoms with Crippen LogP contribution in [0.4, 0.5) is 5.69 Å². The van der Waals surface area contributed by atoms with E-state index in [-0.39, 0.29) is 42.9 Å². The first-order chi connectivity index (χ1) is 13.8. The molecule has 29 heavy (non-hydrogen) atoms. The minimum absolute atomic E-state index is 0.0781. The lowest BCUT2D eigenvalue weighted by Gasteiger charge is -2.07. The van der Waals surface area contributed by atoms with Crippen LogP contribution in [0.15, 0.2) is 35.4 Å². The van der Waals surface area contributed by atoms with Crippen LogP contribution in [0, 0.1) is 0 Å². The zero-order valence-electron chi connectivity index (χ0n) is 15.9. The molecule has 0 fully saturated rings. The molecule has 1 aromatic heterocycles. The molecule has 2 aromatic rings. The van der Waals surface area contributed by atoms with Crippen LogP contribution >= 0.6 is 0 Å². The summed E-state index contributed by atoms with van der Waals surface area (Å²) in [6.45, 7) is 1.87. The van der Waals surface area contributed by atoms with E-state index >= 15 is 0 Å². The van der Waals surface area contributed by atoms with Gasteiger partial charge in [-0.25, -0.2) is 17.9 Å². The molecule has 1 aliphatic heterocycles. The smallest absolute Gasteiger partial charge is 0.354 e. The van der Waals surface area contributed by atoms with Crippen LogP contribution in [0.25, 0.3) is 0 Å². The van der Waals surface area contributed by atoms with Crippen molar-refractivity contribution in [2.75, 3.05) is 25.3 Å². The summed E-state index contributed by atoms with van der Waals surface area (Å²) in [5.41, 5.74) is 0.636. The molecule has 1 aliphatic rings. The number of rotatable bonds is 8. The van der Waals surface area contributed by atoms with Crippen LogP contribution in [0.5, 0.6) is 11.5 Å². The molecule has 0 saturated heterocycles. The molecule has 0 saturated carbocycles. The highest BCUT2D eigenvalue weighted by Crippen LogP contribution is 2.34. The van der Waals surface area contributed by atoms with E-state index in [1.807, 2.05) is 0 Å². The fourth-order valence-electron chi connectivity index (χ4n) is 2.67. The molecule has 0 unspecified atom stereocenters. The Bertz CT molecular complexity index is 1030. The van der Waals surface area contributed by atoms with Gasteiger partial charge in [0.05, 0.1) is 6.61 Å². The first kappa shape index (κ1) is 20.7. The lowest BCUT2D eigenvalue weighted by molar-refractivity contribution is -0.116. The number of esters is 1. The Labute approximate surface area is 167 Å². The molecule has 0 aliphatic carbocycles. The Morgan fingerprint density at radius 2 is 1.97 bits per heavy atom. The minimum atomic E-state index is -3.88. The van der Waals surface area contributed by atoms with Gasteiger partial charge in [-0.3, -0.25) is 4.79 Å². The fraction of sp³-hybridized carbons (Fsp3) is 0.333. The SMILES string of the molecule is CCOC(=O)c1cc(S(=O)(=O)NCCC(=O)Nc2ccc3c(c2)OCO3)cn1C. The van der Waals surface area contributed by atoms with Crippen molar-refractivity contribution < 1.29 is 32.2 Å². The van der Waals surface area contributed by atoms with Crippen LogP contribution in [0.2, 0.25) is 0 Å². The van der Waals surface area contributed by atoms with E-state index in [1.165, 1.54) is 16.8 Å². The molecule has 0 atom stereocenters. The van der Waals surface area contributed by atoms with Gasteiger partial charge in [-0.15, -0.1) is 0 Å². The van der Waals surface area contributed by atoms with Crippen molar-refractivity contribution in [1.82, 2.24) is 9.29 Å². The number of carbonyl (C=O) groups excluding carboxylic acids is 2. The van der Waals surface area contributed by atoms with E-state index in [4.69, 9.17) is 14.2 Å². The summed E-state index contributed by atoms with van der Waals surface area (Å²) in [4.78, 5) is 23.8. The zero-order chi connectivity index (χ0) is 21.0. The van der Waals surface area contributed by atoms with Gasteiger partial charge in [0, 0.05) is 38.0 Å². The number of nitrogens with zero attached hydrogens (tertiary/aromatic N) is 1. The van der Waals surface area contributed by atoms with Crippen molar-refractivity contribution in [3.63, 3.8) is 0 Å². The number of hydrogen-bond donors (Lipinski definition) is 2. The Balaban J connectivity index is 1.54. The number of aryl methyl sites for hydroxylation is 1. The highest BCUT2D eigenvalue weighted by Gasteiger charge is 2.21. The zero-order valence-corrected chi connectivity index (χ0v) is 16.7. The Hall–Kier alpha value is -3.05. The molecule has 2 N–H and O–H groups in total. The molecule has 10 nitrogen and oxygen atoms in total. The molecule has 0 spiro atoms. The van der Waals surface area contributed by atoms with Gasteiger partial charge in [-0.05, 0) is 25.1 Å². The molecular formula is C18H21N3O7S. The van der Waals surface area contributed by atoms with Crippen LogP contribution in [-0.4, -0.2) is 44.8 Å². The lowest BCUT2D eigenvalue weighted by Crippen LogP contribution is -2.27. The first-order valence-electron chi connectivity index (χ1n) is 8.83. The molecule has 11 heteroatoms. The number of benzene rings is 1. The molecular weight excluding hydrogens is 402 g/mol. The van der Waals surface area contributed by atoms with Gasteiger partial charge in [0.2, 0.25) is 22.7 Å². The number of sulfonamides is 1. The van der Waals surface area contributed by atoms with Crippen molar-refractivity contribution in [2.45, 2.75) is 18.2 Å². The summed E-state index contributed by atoms with van der Waals surface area (Å²) in [6.07, 6.45) is 1.23. The maximum absolute atomic E-state index is 12.4. The number of nitrogens with one attached hydrogen (secondary N) is 2. The number of amides is 1. The normalized spacial score (nSPS) is 12.6. The topological polar surface area (TPSA) is 125 Å². The van der Waals surface area contributed by atoms with E-state index in [2.05, 4.69) is 10.0 Å². The molecule has 3 rings (SSSR count). The van der Waals surface area contributed by atoms with E-state index in [0.717, 1.165) is 0 Å². The second-order valence-electron chi connectivity index (χ2n) is 6.16. The number of fused-ring (bicyclic) bond motifs is 1. The Morgan fingerprint density at radius 3 is 2.72 bits per heavy atom. The quantitative estimate of drug-likeness (QED) is 0.612. The number of anilines is 1. The van der Waals surface area contributed by atoms with E-state index < -0.39 is 16.0 Å². The highest BCUT2D eigenvalue weighted by molar-refractivity contribution is 7.89. The Kier molecular flexibility index (Phi) is 6.09. The standard InChI is InChI=1S/C18H21N3O7S/c1-3-26-18(23)14-9-13(10-21(14)2)29(24,25)19-7-6-17(22)20-12-4-5-15-16(8-12)28-11-27-15/h4-5,8-10,19H,3,6-7,11H2,1-2H3,(H,20,22). The third-order valence-electron chi connectivity index (χ3n) is 4.08. The van der Waals surface area contributed by atoms with Gasteiger partial charge in [-0.2, -0.15) is 0 Å². The monoisotopic (exact) mass is 423 g/mol. The van der Waals surface area contributed by atoms with Gasteiger partial charge < -0.3 is 24.1 Å². The third kappa shape index (κ3) is 4.87. The largest absolute Gasteiger partial charge is 0.461 e. The van der Waals surface area contributed by atoms with Crippen LogP contribution in [0.3, 0.4) is 0 Å². The fourth-order valence-corrected chi connectivity index (χ4v) is 3.77. The molecule has 1 aromatic carbocycles. The average Bonchev–Trinajstić information content (AvgIpc) is 3.28. The van der Waals surface area contributed by atoms with Gasteiger partial charge >= 0.3 is 5.97 Å². The number of ether oxygens (including phenoxy) is 3. The summed E-state index contributed by atoms with van der Waals surface area (Å²) in [5.74, 6) is 0.150. The van der Waals surface area contributed by atoms with Crippen molar-refractivity contribution >= 4 is 27.6 Å². The average molecular weight is 423 g/mol. The maximum Gasteiger partial charge on any atom is 0.354 e. The predicted molar refractivity (Wildman–Crippen MR) is 102 cm³/mol. The van der Waals surface area contributed by atoms with Crippen LogP contribution in [0.1, 0.15) is 23.8 Å². The second kappa shape index (κ2) is 8.53. The number of aromatic nitrogens is 1. The van der Waals surface area contributed by atoms with Crippen LogP contribution in [-0.2, 0) is 26.6 Å². The van der Waals surface area contributed by atoms with Crippen molar-refractivity contribution in [3.8, 4) is 11.5 Å². The molecule has 1 amide bonds. The van der Waals surface area contributed by atoms with Gasteiger partial charge in [0.1, 0.15) is 10.6 Å². The third-order valence-corrected chi connectivity index (χ3v) is 5.50.